The van der Waals surface area contributed by atoms with Gasteiger partial charge < -0.3 is 20.1 Å². The summed E-state index contributed by atoms with van der Waals surface area (Å²) < 4.78 is 10.6. The van der Waals surface area contributed by atoms with Gasteiger partial charge in [-0.05, 0) is 25.0 Å². The number of carbonyl (C=O) groups is 1. The molecule has 1 aromatic rings. The van der Waals surface area contributed by atoms with Crippen LogP contribution in [0.15, 0.2) is 29.3 Å². The van der Waals surface area contributed by atoms with Crippen LogP contribution in [0.4, 0.5) is 0 Å². The van der Waals surface area contributed by atoms with Crippen molar-refractivity contribution in [2.45, 2.75) is 39.5 Å². The van der Waals surface area contributed by atoms with Gasteiger partial charge in [0.25, 0.3) is 0 Å². The zero-order valence-corrected chi connectivity index (χ0v) is 19.4. The summed E-state index contributed by atoms with van der Waals surface area (Å²) in [6.45, 7) is 9.33. The highest BCUT2D eigenvalue weighted by Crippen LogP contribution is 2.13. The molecule has 1 saturated heterocycles. The van der Waals surface area contributed by atoms with Gasteiger partial charge in [-0.2, -0.15) is 0 Å². The lowest BCUT2D eigenvalue weighted by molar-refractivity contribution is -0.147. The summed E-state index contributed by atoms with van der Waals surface area (Å²) in [6, 6.07) is 8.44. The third-order valence-electron chi connectivity index (χ3n) is 4.27. The maximum Gasteiger partial charge on any atom is 0.307 e. The number of guanidine groups is 1. The third kappa shape index (κ3) is 9.20. The van der Waals surface area contributed by atoms with E-state index in [9.17, 15) is 4.79 Å². The summed E-state index contributed by atoms with van der Waals surface area (Å²) >= 11 is 0. The van der Waals surface area contributed by atoms with Crippen LogP contribution in [-0.2, 0) is 27.4 Å². The molecule has 0 bridgehead atoms. The van der Waals surface area contributed by atoms with Crippen molar-refractivity contribution >= 4 is 35.9 Å². The molecule has 0 radical (unpaired) electrons. The maximum atomic E-state index is 11.6. The molecule has 2 rings (SSSR count). The molecule has 158 valence electrons. The smallest absolute Gasteiger partial charge is 0.307 e. The molecule has 0 spiro atoms. The summed E-state index contributed by atoms with van der Waals surface area (Å²) in [6.07, 6.45) is 0.227. The highest BCUT2D eigenvalue weighted by Gasteiger charge is 2.13. The van der Waals surface area contributed by atoms with Crippen LogP contribution in [0, 0.1) is 0 Å². The molecule has 0 aliphatic carbocycles. The van der Waals surface area contributed by atoms with Crippen molar-refractivity contribution in [3.63, 3.8) is 0 Å². The lowest BCUT2D eigenvalue weighted by atomic mass is 10.1. The van der Waals surface area contributed by atoms with Gasteiger partial charge >= 0.3 is 5.97 Å². The van der Waals surface area contributed by atoms with Gasteiger partial charge in [-0.3, -0.25) is 14.7 Å². The molecule has 8 heteroatoms. The van der Waals surface area contributed by atoms with Crippen molar-refractivity contribution in [3.05, 3.63) is 35.4 Å². The Balaban J connectivity index is 0.00000392. The number of hydrogen-bond acceptors (Lipinski definition) is 5. The Hall–Kier alpha value is -1.39. The Morgan fingerprint density at radius 3 is 2.54 bits per heavy atom. The molecule has 28 heavy (non-hydrogen) atoms. The predicted octanol–water partition coefficient (Wildman–Crippen LogP) is 2.14. The minimum absolute atomic E-state index is 0. The number of nitrogens with one attached hydrogen (secondary N) is 2. The summed E-state index contributed by atoms with van der Waals surface area (Å²) in [7, 11) is 1.72. The van der Waals surface area contributed by atoms with Gasteiger partial charge in [0.05, 0.1) is 25.7 Å². The van der Waals surface area contributed by atoms with Crippen molar-refractivity contribution in [3.8, 4) is 0 Å². The van der Waals surface area contributed by atoms with Crippen LogP contribution < -0.4 is 10.6 Å². The van der Waals surface area contributed by atoms with Crippen LogP contribution in [0.25, 0.3) is 0 Å². The second-order valence-corrected chi connectivity index (χ2v) is 6.80. The number of ether oxygens (including phenoxy) is 2. The Morgan fingerprint density at radius 2 is 1.89 bits per heavy atom. The van der Waals surface area contributed by atoms with E-state index in [1.54, 1.807) is 7.05 Å². The first kappa shape index (κ1) is 24.6. The van der Waals surface area contributed by atoms with E-state index in [-0.39, 0.29) is 36.0 Å². The fourth-order valence-electron chi connectivity index (χ4n) is 2.89. The lowest BCUT2D eigenvalue weighted by Gasteiger charge is -2.27. The zero-order valence-electron chi connectivity index (χ0n) is 17.1. The molecular formula is C20H33IN4O3. The second kappa shape index (κ2) is 13.7. The molecule has 1 aliphatic heterocycles. The summed E-state index contributed by atoms with van der Waals surface area (Å²) in [4.78, 5) is 18.2. The van der Waals surface area contributed by atoms with E-state index in [2.05, 4.69) is 44.8 Å². The molecule has 1 heterocycles. The van der Waals surface area contributed by atoms with Gasteiger partial charge in [-0.15, -0.1) is 24.0 Å². The van der Waals surface area contributed by atoms with Gasteiger partial charge in [0.15, 0.2) is 5.96 Å². The number of carbonyl (C=O) groups excluding carboxylic acids is 1. The number of aliphatic imine (C=N–C) groups is 1. The molecule has 1 aromatic carbocycles. The van der Waals surface area contributed by atoms with Crippen LogP contribution >= 0.6 is 24.0 Å². The van der Waals surface area contributed by atoms with Crippen LogP contribution in [0.1, 0.15) is 31.4 Å². The zero-order chi connectivity index (χ0) is 19.5. The number of hydrogen-bond donors (Lipinski definition) is 2. The average Bonchev–Trinajstić information content (AvgIpc) is 2.66. The van der Waals surface area contributed by atoms with Crippen molar-refractivity contribution in [1.29, 1.82) is 0 Å². The van der Waals surface area contributed by atoms with Crippen molar-refractivity contribution in [2.24, 2.45) is 4.99 Å². The van der Waals surface area contributed by atoms with E-state index >= 15 is 0 Å². The maximum absolute atomic E-state index is 11.6. The van der Waals surface area contributed by atoms with E-state index < -0.39 is 0 Å². The van der Waals surface area contributed by atoms with E-state index in [4.69, 9.17) is 9.47 Å². The van der Waals surface area contributed by atoms with Crippen LogP contribution in [0.3, 0.4) is 0 Å². The summed E-state index contributed by atoms with van der Waals surface area (Å²) in [5.74, 6) is 0.470. The van der Waals surface area contributed by atoms with Crippen LogP contribution in [0.5, 0.6) is 0 Å². The summed E-state index contributed by atoms with van der Waals surface area (Å²) in [5, 5.41) is 6.48. The lowest BCUT2D eigenvalue weighted by Crippen LogP contribution is -2.38. The molecule has 1 fully saturated rings. The van der Waals surface area contributed by atoms with Crippen LogP contribution in [-0.4, -0.2) is 62.8 Å². The number of halogens is 1. The SMILES string of the molecule is CN=C(NCCC(=O)OC(C)C)NCc1ccccc1CN1CCOCC1.I. The minimum Gasteiger partial charge on any atom is -0.463 e. The number of nitrogens with zero attached hydrogens (tertiary/aromatic N) is 2. The van der Waals surface area contributed by atoms with Gasteiger partial charge in [0.2, 0.25) is 0 Å². The van der Waals surface area contributed by atoms with E-state index in [1.807, 2.05) is 13.8 Å². The van der Waals surface area contributed by atoms with Gasteiger partial charge in [-0.25, -0.2) is 0 Å². The van der Waals surface area contributed by atoms with Crippen LogP contribution in [0.2, 0.25) is 0 Å². The molecule has 0 saturated carbocycles. The molecular weight excluding hydrogens is 471 g/mol. The van der Waals surface area contributed by atoms with E-state index in [1.165, 1.54) is 11.1 Å². The fraction of sp³-hybridized carbons (Fsp3) is 0.600. The monoisotopic (exact) mass is 504 g/mol. The number of morpholine rings is 1. The summed E-state index contributed by atoms with van der Waals surface area (Å²) in [5.41, 5.74) is 2.55. The largest absolute Gasteiger partial charge is 0.463 e. The Kier molecular flexibility index (Phi) is 12.1. The van der Waals surface area contributed by atoms with Crippen molar-refractivity contribution in [2.75, 3.05) is 39.9 Å². The van der Waals surface area contributed by atoms with E-state index in [0.717, 1.165) is 32.8 Å². The Labute approximate surface area is 185 Å². The first-order valence-corrected chi connectivity index (χ1v) is 9.59. The number of rotatable bonds is 8. The minimum atomic E-state index is -0.205. The number of esters is 1. The van der Waals surface area contributed by atoms with Crippen molar-refractivity contribution < 1.29 is 14.3 Å². The normalized spacial score (nSPS) is 15.1. The molecule has 0 atom stereocenters. The molecule has 0 unspecified atom stereocenters. The quantitative estimate of drug-likeness (QED) is 0.245. The molecule has 1 aliphatic rings. The first-order valence-electron chi connectivity index (χ1n) is 9.59. The molecule has 2 N–H and O–H groups in total. The average molecular weight is 504 g/mol. The highest BCUT2D eigenvalue weighted by atomic mass is 127. The first-order chi connectivity index (χ1) is 13.1. The van der Waals surface area contributed by atoms with Crippen molar-refractivity contribution in [1.82, 2.24) is 15.5 Å². The Morgan fingerprint density at radius 1 is 1.21 bits per heavy atom. The standard InChI is InChI=1S/C20H32N4O3.HI/c1-16(2)27-19(25)8-9-22-20(21-3)23-14-17-6-4-5-7-18(17)15-24-10-12-26-13-11-24;/h4-7,16H,8-15H2,1-3H3,(H2,21,22,23);1H. The molecule has 7 nitrogen and oxygen atoms in total. The van der Waals surface area contributed by atoms with E-state index in [0.29, 0.717) is 25.5 Å². The Bertz CT molecular complexity index is 619. The molecule has 0 amide bonds. The fourth-order valence-corrected chi connectivity index (χ4v) is 2.89. The highest BCUT2D eigenvalue weighted by molar-refractivity contribution is 14.0. The van der Waals surface area contributed by atoms with Gasteiger partial charge in [0.1, 0.15) is 0 Å². The third-order valence-corrected chi connectivity index (χ3v) is 4.27. The second-order valence-electron chi connectivity index (χ2n) is 6.80. The molecule has 0 aromatic heterocycles. The van der Waals surface area contributed by atoms with Gasteiger partial charge in [0, 0.05) is 39.8 Å². The predicted molar refractivity (Wildman–Crippen MR) is 122 cm³/mol. The van der Waals surface area contributed by atoms with Gasteiger partial charge in [-0.1, -0.05) is 24.3 Å². The topological polar surface area (TPSA) is 75.2 Å². The number of benzene rings is 1.